The zero-order chi connectivity index (χ0) is 13.9. The van der Waals surface area contributed by atoms with Gasteiger partial charge < -0.3 is 0 Å². The van der Waals surface area contributed by atoms with Gasteiger partial charge in [-0.1, -0.05) is 36.4 Å². The third-order valence-corrected chi connectivity index (χ3v) is 4.54. The molecule has 0 aliphatic rings. The molecule has 1 heterocycles. The van der Waals surface area contributed by atoms with Crippen LogP contribution in [0.3, 0.4) is 0 Å². The van der Waals surface area contributed by atoms with Gasteiger partial charge in [-0.05, 0) is 35.6 Å². The van der Waals surface area contributed by atoms with Crippen LogP contribution in [0.2, 0.25) is 0 Å². The Kier molecular flexibility index (Phi) is 3.78. The minimum Gasteiger partial charge on any atom is -0.271 e. The second-order valence-corrected chi connectivity index (χ2v) is 5.86. The summed E-state index contributed by atoms with van der Waals surface area (Å²) < 4.78 is 14.2. The average Bonchev–Trinajstić information content (AvgIpc) is 2.88. The van der Waals surface area contributed by atoms with Crippen LogP contribution in [-0.4, -0.2) is 0 Å². The molecule has 3 aromatic rings. The molecule has 0 bridgehead atoms. The van der Waals surface area contributed by atoms with Gasteiger partial charge in [0, 0.05) is 9.58 Å². The fourth-order valence-electron chi connectivity index (χ4n) is 2.29. The number of hydrazine groups is 1. The SMILES string of the molecule is NNC(Cc1ccccc1)c1cc2ccc(F)cc2s1. The lowest BCUT2D eigenvalue weighted by atomic mass is 10.0. The third-order valence-electron chi connectivity index (χ3n) is 3.33. The minimum absolute atomic E-state index is 0.0397. The Morgan fingerprint density at radius 2 is 1.90 bits per heavy atom. The molecule has 2 nitrogen and oxygen atoms in total. The molecular weight excluding hydrogens is 271 g/mol. The van der Waals surface area contributed by atoms with E-state index >= 15 is 0 Å². The van der Waals surface area contributed by atoms with Crippen molar-refractivity contribution in [2.24, 2.45) is 5.84 Å². The average molecular weight is 286 g/mol. The van der Waals surface area contributed by atoms with Crippen LogP contribution >= 0.6 is 11.3 Å². The lowest BCUT2D eigenvalue weighted by Gasteiger charge is -2.13. The zero-order valence-corrected chi connectivity index (χ0v) is 11.7. The van der Waals surface area contributed by atoms with E-state index in [-0.39, 0.29) is 11.9 Å². The standard InChI is InChI=1S/C16H15FN2S/c17-13-7-6-12-9-16(20-15(12)10-13)14(19-18)8-11-4-2-1-3-5-11/h1-7,9-10,14,19H,8,18H2. The van der Waals surface area contributed by atoms with Gasteiger partial charge in [0.2, 0.25) is 0 Å². The van der Waals surface area contributed by atoms with Crippen molar-refractivity contribution < 1.29 is 4.39 Å². The number of benzene rings is 2. The van der Waals surface area contributed by atoms with Crippen molar-refractivity contribution >= 4 is 21.4 Å². The summed E-state index contributed by atoms with van der Waals surface area (Å²) in [6, 6.07) is 17.2. The Hall–Kier alpha value is -1.75. The van der Waals surface area contributed by atoms with Gasteiger partial charge in [0.25, 0.3) is 0 Å². The molecule has 3 rings (SSSR count). The van der Waals surface area contributed by atoms with E-state index in [0.29, 0.717) is 0 Å². The van der Waals surface area contributed by atoms with Crippen molar-refractivity contribution in [1.29, 1.82) is 0 Å². The summed E-state index contributed by atoms with van der Waals surface area (Å²) in [4.78, 5) is 1.12. The molecule has 102 valence electrons. The van der Waals surface area contributed by atoms with Crippen molar-refractivity contribution in [3.8, 4) is 0 Å². The number of rotatable bonds is 4. The van der Waals surface area contributed by atoms with Gasteiger partial charge in [-0.15, -0.1) is 11.3 Å². The molecule has 1 aromatic heterocycles. The molecule has 3 N–H and O–H groups in total. The second kappa shape index (κ2) is 5.71. The number of halogens is 1. The van der Waals surface area contributed by atoms with Crippen LogP contribution in [0.25, 0.3) is 10.1 Å². The third kappa shape index (κ3) is 2.72. The topological polar surface area (TPSA) is 38.0 Å². The van der Waals surface area contributed by atoms with Crippen LogP contribution in [0.1, 0.15) is 16.5 Å². The molecule has 0 saturated carbocycles. The molecule has 0 fully saturated rings. The molecule has 1 unspecified atom stereocenters. The van der Waals surface area contributed by atoms with Gasteiger partial charge in [-0.25, -0.2) is 4.39 Å². The van der Waals surface area contributed by atoms with Gasteiger partial charge in [0.05, 0.1) is 6.04 Å². The fraction of sp³-hybridized carbons (Fsp3) is 0.125. The highest BCUT2D eigenvalue weighted by Gasteiger charge is 2.14. The van der Waals surface area contributed by atoms with E-state index in [4.69, 9.17) is 5.84 Å². The molecule has 0 saturated heterocycles. The Morgan fingerprint density at radius 3 is 2.65 bits per heavy atom. The highest BCUT2D eigenvalue weighted by Crippen LogP contribution is 2.31. The van der Waals surface area contributed by atoms with E-state index in [1.165, 1.54) is 11.6 Å². The predicted octanol–water partition coefficient (Wildman–Crippen LogP) is 3.79. The summed E-state index contributed by atoms with van der Waals surface area (Å²) in [5, 5.41) is 1.06. The quantitative estimate of drug-likeness (QED) is 0.565. The van der Waals surface area contributed by atoms with Crippen LogP contribution in [0.5, 0.6) is 0 Å². The van der Waals surface area contributed by atoms with E-state index in [1.54, 1.807) is 23.5 Å². The highest BCUT2D eigenvalue weighted by atomic mass is 32.1. The van der Waals surface area contributed by atoms with Gasteiger partial charge in [-0.3, -0.25) is 11.3 Å². The number of thiophene rings is 1. The summed E-state index contributed by atoms with van der Waals surface area (Å²) in [6.45, 7) is 0. The van der Waals surface area contributed by atoms with E-state index in [0.717, 1.165) is 21.4 Å². The molecule has 0 radical (unpaired) electrons. The normalized spacial score (nSPS) is 12.7. The first-order valence-electron chi connectivity index (χ1n) is 6.45. The molecule has 0 spiro atoms. The smallest absolute Gasteiger partial charge is 0.124 e. The molecule has 20 heavy (non-hydrogen) atoms. The molecular formula is C16H15FN2S. The Bertz CT molecular complexity index is 709. The highest BCUT2D eigenvalue weighted by molar-refractivity contribution is 7.19. The van der Waals surface area contributed by atoms with Crippen molar-refractivity contribution in [2.45, 2.75) is 12.5 Å². The van der Waals surface area contributed by atoms with Crippen molar-refractivity contribution in [3.63, 3.8) is 0 Å². The molecule has 0 aliphatic carbocycles. The molecule has 1 atom stereocenters. The number of nitrogens with two attached hydrogens (primary N) is 1. The van der Waals surface area contributed by atoms with E-state index in [2.05, 4.69) is 23.6 Å². The zero-order valence-electron chi connectivity index (χ0n) is 10.8. The number of fused-ring (bicyclic) bond motifs is 1. The number of nitrogens with one attached hydrogen (secondary N) is 1. The van der Waals surface area contributed by atoms with Gasteiger partial charge in [-0.2, -0.15) is 0 Å². The van der Waals surface area contributed by atoms with Crippen molar-refractivity contribution in [3.05, 3.63) is 70.9 Å². The van der Waals surface area contributed by atoms with Crippen LogP contribution in [0.15, 0.2) is 54.6 Å². The summed E-state index contributed by atoms with van der Waals surface area (Å²) in [5.41, 5.74) is 4.08. The van der Waals surface area contributed by atoms with Gasteiger partial charge >= 0.3 is 0 Å². The first-order valence-corrected chi connectivity index (χ1v) is 7.27. The van der Waals surface area contributed by atoms with Gasteiger partial charge in [0.15, 0.2) is 0 Å². The summed E-state index contributed by atoms with van der Waals surface area (Å²) >= 11 is 1.58. The van der Waals surface area contributed by atoms with Gasteiger partial charge in [0.1, 0.15) is 5.82 Å². The number of hydrogen-bond acceptors (Lipinski definition) is 3. The maximum atomic E-state index is 13.2. The van der Waals surface area contributed by atoms with Crippen LogP contribution in [-0.2, 0) is 6.42 Å². The van der Waals surface area contributed by atoms with Crippen LogP contribution in [0.4, 0.5) is 4.39 Å². The number of hydrogen-bond donors (Lipinski definition) is 2. The van der Waals surface area contributed by atoms with E-state index < -0.39 is 0 Å². The molecule has 4 heteroatoms. The summed E-state index contributed by atoms with van der Waals surface area (Å²) in [6.07, 6.45) is 0.812. The summed E-state index contributed by atoms with van der Waals surface area (Å²) in [5.74, 6) is 5.48. The monoisotopic (exact) mass is 286 g/mol. The molecule has 0 amide bonds. The first kappa shape index (κ1) is 13.2. The maximum absolute atomic E-state index is 13.2. The Morgan fingerprint density at radius 1 is 1.10 bits per heavy atom. The Labute approximate surface area is 121 Å². The predicted molar refractivity (Wildman–Crippen MR) is 82.0 cm³/mol. The van der Waals surface area contributed by atoms with Crippen molar-refractivity contribution in [2.75, 3.05) is 0 Å². The molecule has 2 aromatic carbocycles. The summed E-state index contributed by atoms with van der Waals surface area (Å²) in [7, 11) is 0. The fourth-order valence-corrected chi connectivity index (χ4v) is 3.44. The van der Waals surface area contributed by atoms with Crippen LogP contribution < -0.4 is 11.3 Å². The second-order valence-electron chi connectivity index (χ2n) is 4.74. The lowest BCUT2D eigenvalue weighted by Crippen LogP contribution is -2.28. The van der Waals surface area contributed by atoms with Crippen LogP contribution in [0, 0.1) is 5.82 Å². The maximum Gasteiger partial charge on any atom is 0.124 e. The first-order chi connectivity index (χ1) is 9.76. The van der Waals surface area contributed by atoms with E-state index in [9.17, 15) is 4.39 Å². The molecule has 0 aliphatic heterocycles. The van der Waals surface area contributed by atoms with E-state index in [1.807, 2.05) is 18.2 Å². The Balaban J connectivity index is 1.91. The minimum atomic E-state index is -0.203. The largest absolute Gasteiger partial charge is 0.271 e. The van der Waals surface area contributed by atoms with Crippen molar-refractivity contribution in [1.82, 2.24) is 5.43 Å². The lowest BCUT2D eigenvalue weighted by molar-refractivity contribution is 0.561.